The second kappa shape index (κ2) is 17.8. The third-order valence-corrected chi connectivity index (χ3v) is 10.2. The fourth-order valence-corrected chi connectivity index (χ4v) is 7.73. The number of hydrogen-bond acceptors (Lipinski definition) is 10. The number of nitrogens with zero attached hydrogens (tertiary/aromatic N) is 3. The maximum absolute atomic E-state index is 13.8. The highest BCUT2D eigenvalue weighted by Crippen LogP contribution is 2.40. The van der Waals surface area contributed by atoms with Gasteiger partial charge in [0, 0.05) is 25.6 Å². The van der Waals surface area contributed by atoms with Gasteiger partial charge in [-0.25, -0.2) is 35.6 Å². The van der Waals surface area contributed by atoms with Crippen LogP contribution >= 0.6 is 12.4 Å². The zero-order valence-corrected chi connectivity index (χ0v) is 34.9. The smallest absolute Gasteiger partial charge is 0.326 e. The predicted molar refractivity (Wildman–Crippen MR) is 221 cm³/mol. The third-order valence-electron chi connectivity index (χ3n) is 8.79. The molecule has 23 heteroatoms. The van der Waals surface area contributed by atoms with E-state index in [1.165, 1.54) is 24.3 Å². The van der Waals surface area contributed by atoms with E-state index in [0.717, 1.165) is 30.2 Å². The topological polar surface area (TPSA) is 207 Å². The molecule has 0 bridgehead atoms. The molecule has 0 atom stereocenters. The summed E-state index contributed by atoms with van der Waals surface area (Å²) in [6, 6.07) is 16.0. The van der Waals surface area contributed by atoms with Crippen LogP contribution in [0.5, 0.6) is 0 Å². The molecule has 4 aromatic carbocycles. The lowest BCUT2D eigenvalue weighted by atomic mass is 9.95. The molecule has 328 valence electrons. The number of aromatic nitrogens is 4. The number of H-pyrrole nitrogens is 2. The molecule has 2 heterocycles. The van der Waals surface area contributed by atoms with Gasteiger partial charge in [-0.1, -0.05) is 36.4 Å². The van der Waals surface area contributed by atoms with Crippen molar-refractivity contribution in [3.05, 3.63) is 137 Å². The van der Waals surface area contributed by atoms with E-state index in [1.807, 2.05) is 19.0 Å². The molecular formula is C38H37ClF6N6O8S2. The summed E-state index contributed by atoms with van der Waals surface area (Å²) >= 11 is 0. The van der Waals surface area contributed by atoms with Gasteiger partial charge >= 0.3 is 23.7 Å². The summed E-state index contributed by atoms with van der Waals surface area (Å²) in [6.45, 7) is 0.606. The lowest BCUT2D eigenvalue weighted by Crippen LogP contribution is -2.37. The summed E-state index contributed by atoms with van der Waals surface area (Å²) in [5, 5.41) is -0.460. The molecule has 6 aromatic rings. The van der Waals surface area contributed by atoms with E-state index in [0.29, 0.717) is 33.4 Å². The Morgan fingerprint density at radius 1 is 0.623 bits per heavy atom. The molecule has 0 saturated heterocycles. The van der Waals surface area contributed by atoms with Crippen molar-refractivity contribution in [3.8, 4) is 22.3 Å². The number of benzene rings is 4. The zero-order valence-electron chi connectivity index (χ0n) is 32.4. The fourth-order valence-electron chi connectivity index (χ4n) is 6.32. The largest absolute Gasteiger partial charge is 0.417 e. The Morgan fingerprint density at radius 2 is 1.00 bits per heavy atom. The number of aromatic amines is 2. The van der Waals surface area contributed by atoms with Crippen LogP contribution in [0.25, 0.3) is 44.1 Å². The van der Waals surface area contributed by atoms with Crippen LogP contribution in [0, 0.1) is 0 Å². The van der Waals surface area contributed by atoms with Crippen molar-refractivity contribution in [2.75, 3.05) is 26.6 Å². The first kappa shape index (κ1) is 48.1. The van der Waals surface area contributed by atoms with Gasteiger partial charge in [0.05, 0.1) is 32.9 Å². The molecule has 0 fully saturated rings. The third kappa shape index (κ3) is 11.4. The van der Waals surface area contributed by atoms with Crippen LogP contribution in [-0.4, -0.2) is 67.4 Å². The Labute approximate surface area is 348 Å². The van der Waals surface area contributed by atoms with Gasteiger partial charge in [0.1, 0.15) is 11.8 Å². The first-order valence-corrected chi connectivity index (χ1v) is 21.4. The van der Waals surface area contributed by atoms with Crippen LogP contribution in [-0.2, 0) is 56.9 Å². The monoisotopic (exact) mass is 918 g/mol. The predicted octanol–water partition coefficient (Wildman–Crippen LogP) is 4.70. The molecule has 0 amide bonds. The summed E-state index contributed by atoms with van der Waals surface area (Å²) < 4.78 is 130. The lowest BCUT2D eigenvalue weighted by molar-refractivity contribution is -0.137. The number of nitrogens with two attached hydrogens (primary N) is 1. The second-order valence-electron chi connectivity index (χ2n) is 14.2. The van der Waals surface area contributed by atoms with Gasteiger partial charge in [0.25, 0.3) is 11.1 Å². The molecule has 6 rings (SSSR count). The number of alkyl halides is 6. The molecule has 2 aromatic heterocycles. The zero-order chi connectivity index (χ0) is 44.7. The molecule has 14 nitrogen and oxygen atoms in total. The Balaban J connectivity index is 0.000000265. The normalized spacial score (nSPS) is 12.3. The molecular weight excluding hydrogens is 882 g/mol. The second-order valence-corrected chi connectivity index (χ2v) is 18.4. The van der Waals surface area contributed by atoms with E-state index < -0.39 is 77.4 Å². The minimum Gasteiger partial charge on any atom is -0.326 e. The minimum absolute atomic E-state index is 0. The Kier molecular flexibility index (Phi) is 14.1. The van der Waals surface area contributed by atoms with E-state index >= 15 is 0 Å². The van der Waals surface area contributed by atoms with Gasteiger partial charge in [-0.05, 0) is 83.9 Å². The van der Waals surface area contributed by atoms with Crippen LogP contribution < -0.4 is 28.2 Å². The average molecular weight is 919 g/mol. The van der Waals surface area contributed by atoms with Gasteiger partial charge in [-0.2, -0.15) is 26.3 Å². The molecule has 0 spiro atoms. The Hall–Kier alpha value is -5.55. The lowest BCUT2D eigenvalue weighted by Gasteiger charge is -2.16. The number of fused-ring (bicyclic) bond motifs is 2. The number of hydrogen-bond donors (Lipinski definition) is 3. The summed E-state index contributed by atoms with van der Waals surface area (Å²) in [5.74, 6) is -1.78. The average Bonchev–Trinajstić information content (AvgIpc) is 3.13. The highest BCUT2D eigenvalue weighted by Gasteiger charge is 2.36. The van der Waals surface area contributed by atoms with Gasteiger partial charge in [-0.15, -0.1) is 12.4 Å². The molecule has 0 radical (unpaired) electrons. The van der Waals surface area contributed by atoms with Gasteiger partial charge < -0.3 is 20.6 Å². The number of halogens is 7. The van der Waals surface area contributed by atoms with Crippen LogP contribution in [0.4, 0.5) is 26.3 Å². The van der Waals surface area contributed by atoms with Crippen molar-refractivity contribution in [2.24, 2.45) is 5.73 Å². The first-order chi connectivity index (χ1) is 27.7. The van der Waals surface area contributed by atoms with Crippen LogP contribution in [0.1, 0.15) is 22.3 Å². The molecule has 0 unspecified atom stereocenters. The van der Waals surface area contributed by atoms with Crippen LogP contribution in [0.2, 0.25) is 0 Å². The SMILES string of the molecule is CN(C)Cc1cccc(-c2cc3c(=O)n(CS(C)(=O)=O)c(=O)[nH]c3cc2C(F)(F)F)c1.CS(=O)(=O)Cn1c(=O)[nH]c2cc(C(F)(F)F)c(-c3cccc(CN)c3)cc2c1=O.Cl. The highest BCUT2D eigenvalue weighted by atomic mass is 35.5. The highest BCUT2D eigenvalue weighted by molar-refractivity contribution is 7.89. The van der Waals surface area contributed by atoms with Crippen molar-refractivity contribution in [1.82, 2.24) is 24.0 Å². The number of nitrogens with one attached hydrogen (secondary N) is 2. The van der Waals surface area contributed by atoms with Crippen molar-refractivity contribution in [2.45, 2.75) is 37.2 Å². The standard InChI is InChI=1S/C20H20F3N3O4S.C18H16F3N3O4S.ClH/c1-25(2)10-12-5-4-6-13(7-12)14-8-15-17(9-16(14)20(21,22)23)24-19(28)26(18(15)27)11-31(3,29)30;1-29(27,28)9-24-16(25)13-6-12(11-4-2-3-10(5-11)8-22)14(18(19,20)21)7-15(13)23-17(24)26;/h4-9H,10-11H2,1-3H3,(H,24,28);2-7H,8-9,22H2,1H3,(H,23,26);1H. The van der Waals surface area contributed by atoms with Crippen LogP contribution in [0.15, 0.2) is 92.0 Å². The first-order valence-electron chi connectivity index (χ1n) is 17.3. The minimum atomic E-state index is -4.76. The summed E-state index contributed by atoms with van der Waals surface area (Å²) in [4.78, 5) is 55.9. The van der Waals surface area contributed by atoms with E-state index in [-0.39, 0.29) is 63.0 Å². The summed E-state index contributed by atoms with van der Waals surface area (Å²) in [7, 11) is -3.84. The molecule has 0 aliphatic rings. The van der Waals surface area contributed by atoms with Crippen molar-refractivity contribution >= 4 is 53.9 Å². The molecule has 0 saturated carbocycles. The van der Waals surface area contributed by atoms with E-state index in [2.05, 4.69) is 9.97 Å². The van der Waals surface area contributed by atoms with E-state index in [1.54, 1.807) is 24.3 Å². The molecule has 61 heavy (non-hydrogen) atoms. The maximum Gasteiger partial charge on any atom is 0.417 e. The molecule has 4 N–H and O–H groups in total. The Bertz CT molecular complexity index is 3120. The summed E-state index contributed by atoms with van der Waals surface area (Å²) in [5.41, 5.74) is -0.0915. The fraction of sp³-hybridized carbons (Fsp3) is 0.263. The van der Waals surface area contributed by atoms with Crippen LogP contribution in [0.3, 0.4) is 0 Å². The van der Waals surface area contributed by atoms with E-state index in [4.69, 9.17) is 5.73 Å². The number of sulfone groups is 2. The quantitative estimate of drug-likeness (QED) is 0.171. The van der Waals surface area contributed by atoms with Gasteiger partial charge in [0.15, 0.2) is 19.7 Å². The van der Waals surface area contributed by atoms with Crippen molar-refractivity contribution < 1.29 is 43.2 Å². The number of rotatable bonds is 9. The Morgan fingerprint density at radius 3 is 1.34 bits per heavy atom. The van der Waals surface area contributed by atoms with E-state index in [9.17, 15) is 62.4 Å². The maximum atomic E-state index is 13.8. The summed E-state index contributed by atoms with van der Waals surface area (Å²) in [6.07, 6.45) is -7.84. The van der Waals surface area contributed by atoms with Crippen molar-refractivity contribution in [3.63, 3.8) is 0 Å². The van der Waals surface area contributed by atoms with Gasteiger partial charge in [0.2, 0.25) is 0 Å². The van der Waals surface area contributed by atoms with Gasteiger partial charge in [-0.3, -0.25) is 9.59 Å². The molecule has 0 aliphatic carbocycles. The molecule has 0 aliphatic heterocycles. The van der Waals surface area contributed by atoms with Crippen molar-refractivity contribution in [1.29, 1.82) is 0 Å².